The molecule has 0 fully saturated rings. The molecule has 6 aromatic rings. The number of fused-ring (bicyclic) bond motifs is 1. The smallest absolute Gasteiger partial charge is 0.295 e. The highest BCUT2D eigenvalue weighted by Gasteiger charge is 2.23. The van der Waals surface area contributed by atoms with Gasteiger partial charge in [-0.15, -0.1) is 20.5 Å². The van der Waals surface area contributed by atoms with E-state index in [0.717, 1.165) is 59.9 Å². The molecule has 0 saturated heterocycles. The molecule has 21 nitrogen and oxygen atoms in total. The number of nitriles is 2. The van der Waals surface area contributed by atoms with Gasteiger partial charge in [0.25, 0.3) is 40.5 Å². The Morgan fingerprint density at radius 1 is 0.617 bits per heavy atom. The van der Waals surface area contributed by atoms with Gasteiger partial charge in [-0.3, -0.25) is 18.2 Å². The molecule has 0 spiro atoms. The van der Waals surface area contributed by atoms with Crippen LogP contribution in [0.15, 0.2) is 125 Å². The minimum absolute atomic E-state index is 0.0152. The Bertz CT molecular complexity index is 3340. The van der Waals surface area contributed by atoms with Crippen molar-refractivity contribution < 1.29 is 51.9 Å². The molecule has 0 radical (unpaired) electrons. The lowest BCUT2D eigenvalue weighted by molar-refractivity contribution is 0.481. The number of nitrogens with one attached hydrogen (secondary N) is 2. The SMILES string of the molecule is Cc1c(C#N)c(Nc2ccc(S(=O)(=O)O)cc2)nc(Nc2ccc(S(=O)(=O)O)cc2)c1N=Nc1sc(N=Nc2cc(S(=O)(=O)O)c3cccc(S(=O)(=O)O)c3c2)cc1C#N. The van der Waals surface area contributed by atoms with E-state index in [-0.39, 0.29) is 71.9 Å². The zero-order valence-corrected chi connectivity index (χ0v) is 33.9. The van der Waals surface area contributed by atoms with Crippen LogP contribution in [0.25, 0.3) is 10.8 Å². The third-order valence-electron chi connectivity index (χ3n) is 8.14. The molecule has 6 rings (SSSR count). The van der Waals surface area contributed by atoms with Crippen molar-refractivity contribution >= 4 is 107 Å². The number of aromatic nitrogens is 1. The summed E-state index contributed by atoms with van der Waals surface area (Å²) in [6.45, 7) is 1.49. The Kier molecular flexibility index (Phi) is 11.6. The monoisotopic (exact) mass is 909 g/mol. The Morgan fingerprint density at radius 2 is 1.18 bits per heavy atom. The number of azo groups is 2. The van der Waals surface area contributed by atoms with Crippen molar-refractivity contribution in [3.8, 4) is 12.1 Å². The van der Waals surface area contributed by atoms with E-state index < -0.39 is 60.1 Å². The van der Waals surface area contributed by atoms with Crippen LogP contribution in [0.1, 0.15) is 16.7 Å². The van der Waals surface area contributed by atoms with Gasteiger partial charge in [0.1, 0.15) is 32.6 Å². The first-order chi connectivity index (χ1) is 28.1. The van der Waals surface area contributed by atoms with Crippen LogP contribution in [-0.4, -0.2) is 56.9 Å². The fraction of sp³-hybridized carbons (Fsp3) is 0.0294. The first-order valence-corrected chi connectivity index (χ1v) is 22.7. The van der Waals surface area contributed by atoms with E-state index in [9.17, 15) is 62.4 Å². The summed E-state index contributed by atoms with van der Waals surface area (Å²) < 4.78 is 133. The van der Waals surface area contributed by atoms with E-state index in [0.29, 0.717) is 0 Å². The standard InChI is InChI=1S/C34H23N9O12S5/c1-18-27(17-36)32(37-20-5-9-23(10-6-20)57(44,45)46)39-33(38-21-7-11-24(12-8-21)58(47,48)49)31(18)42-43-34-19(16-35)13-30(56-34)41-40-22-14-26-25(29(15-22)60(53,54)55)3-2-4-28(26)59(50,51)52/h2-15H,1H3,(H2,37,38,39)(H,44,45,46)(H,47,48,49)(H,50,51,52)(H,53,54,55). The van der Waals surface area contributed by atoms with Gasteiger partial charge in [-0.25, -0.2) is 4.98 Å². The molecule has 0 aliphatic rings. The lowest BCUT2D eigenvalue weighted by Crippen LogP contribution is -2.05. The highest BCUT2D eigenvalue weighted by Crippen LogP contribution is 2.42. The Labute approximate surface area is 344 Å². The molecule has 0 unspecified atom stereocenters. The summed E-state index contributed by atoms with van der Waals surface area (Å²) in [6.07, 6.45) is 0. The third-order valence-corrected chi connectivity index (χ3v) is 12.6. The lowest BCUT2D eigenvalue weighted by atomic mass is 10.1. The van der Waals surface area contributed by atoms with Gasteiger partial charge in [0.2, 0.25) is 0 Å². The molecule has 306 valence electrons. The molecule has 0 atom stereocenters. The van der Waals surface area contributed by atoms with E-state index in [4.69, 9.17) is 0 Å². The predicted molar refractivity (Wildman–Crippen MR) is 214 cm³/mol. The summed E-state index contributed by atoms with van der Waals surface area (Å²) in [7, 11) is -18.9. The summed E-state index contributed by atoms with van der Waals surface area (Å²) in [5.41, 5.74) is 0.196. The zero-order chi connectivity index (χ0) is 43.8. The number of rotatable bonds is 12. The van der Waals surface area contributed by atoms with Gasteiger partial charge in [-0.1, -0.05) is 23.5 Å². The van der Waals surface area contributed by atoms with Crippen LogP contribution < -0.4 is 10.6 Å². The van der Waals surface area contributed by atoms with Crippen LogP contribution in [-0.2, 0) is 40.5 Å². The van der Waals surface area contributed by atoms with Crippen LogP contribution in [0.5, 0.6) is 0 Å². The van der Waals surface area contributed by atoms with Gasteiger partial charge in [-0.2, -0.15) is 44.2 Å². The van der Waals surface area contributed by atoms with Gasteiger partial charge < -0.3 is 10.6 Å². The third kappa shape index (κ3) is 9.48. The Hall–Kier alpha value is -6.59. The van der Waals surface area contributed by atoms with E-state index in [1.54, 1.807) is 0 Å². The van der Waals surface area contributed by atoms with Gasteiger partial charge in [0.15, 0.2) is 16.6 Å². The largest absolute Gasteiger partial charge is 0.339 e. The fourth-order valence-electron chi connectivity index (χ4n) is 5.41. The number of nitrogens with zero attached hydrogens (tertiary/aromatic N) is 7. The normalized spacial score (nSPS) is 12.4. The van der Waals surface area contributed by atoms with E-state index >= 15 is 0 Å². The molecule has 0 amide bonds. The molecule has 4 aromatic carbocycles. The van der Waals surface area contributed by atoms with Crippen LogP contribution in [0, 0.1) is 29.6 Å². The van der Waals surface area contributed by atoms with Crippen molar-refractivity contribution in [3.63, 3.8) is 0 Å². The minimum Gasteiger partial charge on any atom is -0.339 e. The van der Waals surface area contributed by atoms with Crippen molar-refractivity contribution in [3.05, 3.63) is 102 Å². The molecule has 2 aromatic heterocycles. The predicted octanol–water partition coefficient (Wildman–Crippen LogP) is 7.65. The molecule has 0 bridgehead atoms. The average molecular weight is 910 g/mol. The van der Waals surface area contributed by atoms with Gasteiger partial charge >= 0.3 is 0 Å². The molecule has 0 saturated carbocycles. The molecule has 26 heteroatoms. The topological polar surface area (TPSA) is 351 Å². The van der Waals surface area contributed by atoms with E-state index in [2.05, 4.69) is 36.1 Å². The lowest BCUT2D eigenvalue weighted by Gasteiger charge is -2.16. The van der Waals surface area contributed by atoms with Gasteiger partial charge in [0.05, 0.1) is 26.6 Å². The maximum absolute atomic E-state index is 12.2. The van der Waals surface area contributed by atoms with E-state index in [1.165, 1.54) is 43.3 Å². The number of anilines is 4. The highest BCUT2D eigenvalue weighted by molar-refractivity contribution is 7.86. The van der Waals surface area contributed by atoms with Gasteiger partial charge in [-0.05, 0) is 79.7 Å². The van der Waals surface area contributed by atoms with Crippen molar-refractivity contribution in [2.45, 2.75) is 26.5 Å². The fourth-order valence-corrected chi connectivity index (χ4v) is 8.54. The second-order valence-electron chi connectivity index (χ2n) is 12.1. The van der Waals surface area contributed by atoms with Crippen LogP contribution in [0.4, 0.5) is 44.4 Å². The number of hydrogen-bond acceptors (Lipinski definition) is 18. The molecule has 60 heavy (non-hydrogen) atoms. The van der Waals surface area contributed by atoms with E-state index in [1.807, 2.05) is 12.1 Å². The Morgan fingerprint density at radius 3 is 1.70 bits per heavy atom. The first kappa shape index (κ1) is 43.0. The van der Waals surface area contributed by atoms with Crippen molar-refractivity contribution in [2.24, 2.45) is 20.5 Å². The molecule has 2 heterocycles. The van der Waals surface area contributed by atoms with Crippen LogP contribution in [0.3, 0.4) is 0 Å². The summed E-state index contributed by atoms with van der Waals surface area (Å²) in [5.74, 6) is -0.131. The number of pyridine rings is 1. The summed E-state index contributed by atoms with van der Waals surface area (Å²) in [6, 6.07) is 20.2. The zero-order valence-electron chi connectivity index (χ0n) is 29.8. The Balaban J connectivity index is 1.41. The maximum Gasteiger partial charge on any atom is 0.295 e. The summed E-state index contributed by atoms with van der Waals surface area (Å²) >= 11 is 0.774. The molecular weight excluding hydrogens is 887 g/mol. The molecule has 6 N–H and O–H groups in total. The van der Waals surface area contributed by atoms with Crippen molar-refractivity contribution in [1.82, 2.24) is 4.98 Å². The quantitative estimate of drug-likeness (QED) is 0.0507. The number of thiophene rings is 1. The van der Waals surface area contributed by atoms with Crippen molar-refractivity contribution in [2.75, 3.05) is 10.6 Å². The summed E-state index contributed by atoms with van der Waals surface area (Å²) in [4.78, 5) is 2.28. The van der Waals surface area contributed by atoms with Gasteiger partial charge in [0, 0.05) is 27.7 Å². The second kappa shape index (κ2) is 16.2. The second-order valence-corrected chi connectivity index (χ2v) is 18.7. The molecular formula is C34H23N9O12S5. The minimum atomic E-state index is -4.95. The van der Waals surface area contributed by atoms with Crippen LogP contribution in [0.2, 0.25) is 0 Å². The van der Waals surface area contributed by atoms with Crippen LogP contribution >= 0.6 is 11.3 Å². The first-order valence-electron chi connectivity index (χ1n) is 16.1. The number of hydrogen-bond donors (Lipinski definition) is 6. The maximum atomic E-state index is 12.2. The molecule has 0 aliphatic carbocycles. The molecule has 0 aliphatic heterocycles. The average Bonchev–Trinajstić information content (AvgIpc) is 3.57. The highest BCUT2D eigenvalue weighted by atomic mass is 32.2. The summed E-state index contributed by atoms with van der Waals surface area (Å²) in [5, 5.41) is 41.8. The number of benzene rings is 4. The van der Waals surface area contributed by atoms with Crippen molar-refractivity contribution in [1.29, 1.82) is 10.5 Å².